The minimum atomic E-state index is 0.0694. The molecule has 1 aliphatic carbocycles. The molecular weight excluding hydrogens is 268 g/mol. The van der Waals surface area contributed by atoms with Gasteiger partial charge in [-0.2, -0.15) is 0 Å². The Balaban J connectivity index is 1.81. The van der Waals surface area contributed by atoms with E-state index in [1.807, 2.05) is 0 Å². The van der Waals surface area contributed by atoms with E-state index < -0.39 is 0 Å². The summed E-state index contributed by atoms with van der Waals surface area (Å²) in [7, 11) is 0. The van der Waals surface area contributed by atoms with Crippen LogP contribution in [0.2, 0.25) is 0 Å². The Bertz CT molecular complexity index is 663. The lowest BCUT2D eigenvalue weighted by Crippen LogP contribution is -2.04. The van der Waals surface area contributed by atoms with Gasteiger partial charge < -0.3 is 9.67 Å². The Labute approximate surface area is 123 Å². The van der Waals surface area contributed by atoms with Crippen LogP contribution in [0.3, 0.4) is 0 Å². The van der Waals surface area contributed by atoms with E-state index in [9.17, 15) is 5.11 Å². The van der Waals surface area contributed by atoms with Crippen molar-refractivity contribution in [1.82, 2.24) is 9.55 Å². The fourth-order valence-electron chi connectivity index (χ4n) is 3.30. The summed E-state index contributed by atoms with van der Waals surface area (Å²) in [5, 5.41) is 10.8. The van der Waals surface area contributed by atoms with Crippen molar-refractivity contribution in [2.24, 2.45) is 0 Å². The molecule has 0 bridgehead atoms. The molecule has 1 aromatic carbocycles. The second kappa shape index (κ2) is 4.93. The molecule has 0 radical (unpaired) electrons. The lowest BCUT2D eigenvalue weighted by atomic mass is 9.90. The first-order valence-corrected chi connectivity index (χ1v) is 8.30. The molecule has 104 valence electrons. The maximum absolute atomic E-state index is 9.70. The number of aryl methyl sites for hydroxylation is 2. The van der Waals surface area contributed by atoms with Crippen LogP contribution < -0.4 is 0 Å². The average molecular weight is 286 g/mol. The molecule has 0 unspecified atom stereocenters. The summed E-state index contributed by atoms with van der Waals surface area (Å²) < 4.78 is 2.17. The van der Waals surface area contributed by atoms with Gasteiger partial charge in [0.15, 0.2) is 5.16 Å². The van der Waals surface area contributed by atoms with Crippen molar-refractivity contribution in [1.29, 1.82) is 0 Å². The van der Waals surface area contributed by atoms with E-state index in [4.69, 9.17) is 4.98 Å². The van der Waals surface area contributed by atoms with Crippen LogP contribution in [-0.4, -0.2) is 20.4 Å². The number of fused-ring (bicyclic) bond motifs is 2. The SMILES string of the molecule is OCc1c(-c2ccc3c(c2)CCCC3)nc2n1CCS2. The quantitative estimate of drug-likeness (QED) is 0.922. The summed E-state index contributed by atoms with van der Waals surface area (Å²) in [5.41, 5.74) is 6.08. The van der Waals surface area contributed by atoms with Crippen molar-refractivity contribution >= 4 is 11.8 Å². The molecule has 0 amide bonds. The van der Waals surface area contributed by atoms with Crippen molar-refractivity contribution in [3.63, 3.8) is 0 Å². The van der Waals surface area contributed by atoms with Crippen molar-refractivity contribution in [3.05, 3.63) is 35.0 Å². The number of benzene rings is 1. The van der Waals surface area contributed by atoms with Gasteiger partial charge in [0.2, 0.25) is 0 Å². The first-order valence-electron chi connectivity index (χ1n) is 7.32. The van der Waals surface area contributed by atoms with E-state index in [0.717, 1.165) is 34.4 Å². The smallest absolute Gasteiger partial charge is 0.168 e. The van der Waals surface area contributed by atoms with Crippen LogP contribution >= 0.6 is 11.8 Å². The highest BCUT2D eigenvalue weighted by atomic mass is 32.2. The van der Waals surface area contributed by atoms with Gasteiger partial charge in [0, 0.05) is 17.9 Å². The number of nitrogens with zero attached hydrogens (tertiary/aromatic N) is 2. The molecule has 3 nitrogen and oxygen atoms in total. The fourth-order valence-corrected chi connectivity index (χ4v) is 4.27. The summed E-state index contributed by atoms with van der Waals surface area (Å²) in [6.07, 6.45) is 4.99. The number of aromatic nitrogens is 2. The number of hydrogen-bond acceptors (Lipinski definition) is 3. The predicted octanol–water partition coefficient (Wildman–Crippen LogP) is 3.03. The van der Waals surface area contributed by atoms with Gasteiger partial charge >= 0.3 is 0 Å². The topological polar surface area (TPSA) is 38.1 Å². The lowest BCUT2D eigenvalue weighted by molar-refractivity contribution is 0.271. The van der Waals surface area contributed by atoms with E-state index in [-0.39, 0.29) is 6.61 Å². The molecule has 0 atom stereocenters. The third-order valence-corrected chi connectivity index (χ3v) is 5.31. The van der Waals surface area contributed by atoms with Crippen molar-refractivity contribution in [2.75, 3.05) is 5.75 Å². The highest BCUT2D eigenvalue weighted by Crippen LogP contribution is 2.34. The van der Waals surface area contributed by atoms with E-state index in [0.29, 0.717) is 0 Å². The molecule has 0 saturated heterocycles. The summed E-state index contributed by atoms with van der Waals surface area (Å²) in [6, 6.07) is 6.71. The van der Waals surface area contributed by atoms with E-state index in [2.05, 4.69) is 22.8 Å². The van der Waals surface area contributed by atoms with E-state index >= 15 is 0 Å². The normalized spacial score (nSPS) is 17.1. The minimum Gasteiger partial charge on any atom is -0.390 e. The van der Waals surface area contributed by atoms with Gasteiger partial charge in [-0.15, -0.1) is 0 Å². The van der Waals surface area contributed by atoms with Gasteiger partial charge in [0.05, 0.1) is 18.0 Å². The summed E-state index contributed by atoms with van der Waals surface area (Å²) in [5.74, 6) is 1.07. The van der Waals surface area contributed by atoms with Crippen molar-refractivity contribution in [3.8, 4) is 11.3 Å². The van der Waals surface area contributed by atoms with Gasteiger partial charge in [0.1, 0.15) is 0 Å². The molecule has 0 saturated carbocycles. The Morgan fingerprint density at radius 1 is 1.20 bits per heavy atom. The van der Waals surface area contributed by atoms with Crippen LogP contribution in [0.15, 0.2) is 23.4 Å². The van der Waals surface area contributed by atoms with Crippen LogP contribution in [0, 0.1) is 0 Å². The van der Waals surface area contributed by atoms with Gasteiger partial charge in [0.25, 0.3) is 0 Å². The number of thioether (sulfide) groups is 1. The Kier molecular flexibility index (Phi) is 3.08. The number of aliphatic hydroxyl groups is 1. The van der Waals surface area contributed by atoms with Crippen molar-refractivity contribution < 1.29 is 5.11 Å². The van der Waals surface area contributed by atoms with Gasteiger partial charge in [-0.3, -0.25) is 0 Å². The maximum Gasteiger partial charge on any atom is 0.168 e. The molecule has 2 aromatic rings. The Hall–Kier alpha value is -1.26. The second-order valence-electron chi connectivity index (χ2n) is 5.54. The molecule has 1 aromatic heterocycles. The first-order chi connectivity index (χ1) is 9.86. The zero-order valence-corrected chi connectivity index (χ0v) is 12.2. The number of aliphatic hydroxyl groups excluding tert-OH is 1. The second-order valence-corrected chi connectivity index (χ2v) is 6.60. The molecule has 20 heavy (non-hydrogen) atoms. The molecule has 1 aliphatic heterocycles. The average Bonchev–Trinajstić information content (AvgIpc) is 3.07. The molecule has 2 aliphatic rings. The summed E-state index contributed by atoms with van der Waals surface area (Å²) in [4.78, 5) is 4.75. The Morgan fingerprint density at radius 2 is 2.05 bits per heavy atom. The van der Waals surface area contributed by atoms with Crippen LogP contribution in [0.1, 0.15) is 29.7 Å². The molecule has 0 spiro atoms. The predicted molar refractivity (Wildman–Crippen MR) is 81.0 cm³/mol. The lowest BCUT2D eigenvalue weighted by Gasteiger charge is -2.16. The third kappa shape index (κ3) is 1.90. The number of rotatable bonds is 2. The highest BCUT2D eigenvalue weighted by molar-refractivity contribution is 7.99. The minimum absolute atomic E-state index is 0.0694. The highest BCUT2D eigenvalue weighted by Gasteiger charge is 2.22. The largest absolute Gasteiger partial charge is 0.390 e. The van der Waals surface area contributed by atoms with Crippen LogP contribution in [0.25, 0.3) is 11.3 Å². The third-order valence-electron chi connectivity index (χ3n) is 4.36. The van der Waals surface area contributed by atoms with E-state index in [1.165, 1.54) is 36.8 Å². The van der Waals surface area contributed by atoms with Crippen LogP contribution in [-0.2, 0) is 26.0 Å². The van der Waals surface area contributed by atoms with Crippen LogP contribution in [0.4, 0.5) is 0 Å². The molecule has 2 heterocycles. The van der Waals surface area contributed by atoms with Crippen LogP contribution in [0.5, 0.6) is 0 Å². The zero-order valence-electron chi connectivity index (χ0n) is 11.4. The van der Waals surface area contributed by atoms with Gasteiger partial charge in [-0.05, 0) is 42.9 Å². The monoisotopic (exact) mass is 286 g/mol. The standard InChI is InChI=1S/C16H18N2OS/c19-10-14-15(17-16-18(14)7-8-20-16)13-6-5-11-3-1-2-4-12(11)9-13/h5-6,9,19H,1-4,7-8,10H2. The molecule has 4 heteroatoms. The molecule has 1 N–H and O–H groups in total. The fraction of sp³-hybridized carbons (Fsp3) is 0.438. The number of hydrogen-bond donors (Lipinski definition) is 1. The van der Waals surface area contributed by atoms with Gasteiger partial charge in [-0.1, -0.05) is 23.9 Å². The Morgan fingerprint density at radius 3 is 2.90 bits per heavy atom. The first kappa shape index (κ1) is 12.5. The zero-order chi connectivity index (χ0) is 13.5. The summed E-state index contributed by atoms with van der Waals surface area (Å²) in [6.45, 7) is 1.04. The van der Waals surface area contributed by atoms with E-state index in [1.54, 1.807) is 11.8 Å². The number of imidazole rings is 1. The summed E-state index contributed by atoms with van der Waals surface area (Å²) >= 11 is 1.78. The van der Waals surface area contributed by atoms with Crippen molar-refractivity contribution in [2.45, 2.75) is 44.0 Å². The maximum atomic E-state index is 9.70. The van der Waals surface area contributed by atoms with Gasteiger partial charge in [-0.25, -0.2) is 4.98 Å². The molecule has 4 rings (SSSR count). The molecular formula is C16H18N2OS. The molecule has 0 fully saturated rings.